The number of nitrogens with one attached hydrogen (secondary N) is 1. The number of rotatable bonds is 7. The molecule has 0 aliphatic carbocycles. The first-order valence-corrected chi connectivity index (χ1v) is 5.74. The van der Waals surface area contributed by atoms with Gasteiger partial charge in [0, 0.05) is 0 Å². The molecule has 0 aromatic heterocycles. The lowest BCUT2D eigenvalue weighted by molar-refractivity contribution is 0.552. The Morgan fingerprint density at radius 2 is 1.86 bits per heavy atom. The maximum atomic E-state index is 7.02. The molecule has 1 nitrogen and oxygen atoms in total. The van der Waals surface area contributed by atoms with E-state index in [-0.39, 0.29) is 0 Å². The Bertz CT molecular complexity index is 182. The van der Waals surface area contributed by atoms with Gasteiger partial charge in [0.1, 0.15) is 0 Å². The van der Waals surface area contributed by atoms with Crippen molar-refractivity contribution < 1.29 is 0 Å². The molecule has 82 valence electrons. The average molecular weight is 195 g/mol. The second kappa shape index (κ2) is 7.78. The van der Waals surface area contributed by atoms with Gasteiger partial charge in [0.15, 0.2) is 0 Å². The molecular weight excluding hydrogens is 170 g/mol. The highest BCUT2D eigenvalue weighted by Gasteiger charge is 2.01. The fraction of sp³-hybridized carbons (Fsp3) is 0.769. The number of allylic oxidation sites excluding steroid dienone is 2. The molecule has 0 rings (SSSR count). The average Bonchev–Trinajstić information content (AvgIpc) is 2.15. The molecule has 2 unspecified atom stereocenters. The summed E-state index contributed by atoms with van der Waals surface area (Å²) in [5.41, 5.74) is 1.51. The summed E-state index contributed by atoms with van der Waals surface area (Å²) in [6.07, 6.45) is 8.39. The molecule has 0 fully saturated rings. The summed E-state index contributed by atoms with van der Waals surface area (Å²) in [5, 5.41) is 7.02. The monoisotopic (exact) mass is 195 g/mol. The van der Waals surface area contributed by atoms with Crippen LogP contribution < -0.4 is 0 Å². The predicted octanol–water partition coefficient (Wildman–Crippen LogP) is 4.43. The highest BCUT2D eigenvalue weighted by molar-refractivity contribution is 5.53. The van der Waals surface area contributed by atoms with Gasteiger partial charge in [-0.25, -0.2) is 0 Å². The molecule has 0 spiro atoms. The fourth-order valence-electron chi connectivity index (χ4n) is 1.48. The van der Waals surface area contributed by atoms with Gasteiger partial charge in [0.05, 0.1) is 0 Å². The van der Waals surface area contributed by atoms with Gasteiger partial charge in [-0.15, -0.1) is 0 Å². The molecule has 2 atom stereocenters. The first kappa shape index (κ1) is 13.4. The Labute approximate surface area is 89.1 Å². The summed E-state index contributed by atoms with van der Waals surface area (Å²) in [7, 11) is 0. The second-order valence-corrected chi connectivity index (χ2v) is 4.55. The van der Waals surface area contributed by atoms with Crippen molar-refractivity contribution in [2.24, 2.45) is 11.8 Å². The van der Waals surface area contributed by atoms with Crippen LogP contribution in [0.1, 0.15) is 53.4 Å². The van der Waals surface area contributed by atoms with Gasteiger partial charge in [-0.2, -0.15) is 0 Å². The molecule has 0 bridgehead atoms. The van der Waals surface area contributed by atoms with Gasteiger partial charge in [-0.1, -0.05) is 38.8 Å². The lowest BCUT2D eigenvalue weighted by Crippen LogP contribution is -1.96. The van der Waals surface area contributed by atoms with Crippen molar-refractivity contribution in [1.82, 2.24) is 0 Å². The molecule has 14 heavy (non-hydrogen) atoms. The zero-order chi connectivity index (χ0) is 11.0. The third kappa shape index (κ3) is 6.88. The number of hydrogen-bond acceptors (Lipinski definition) is 1. The van der Waals surface area contributed by atoms with Crippen molar-refractivity contribution in [3.63, 3.8) is 0 Å². The van der Waals surface area contributed by atoms with Crippen molar-refractivity contribution in [1.29, 1.82) is 5.41 Å². The van der Waals surface area contributed by atoms with Gasteiger partial charge in [-0.3, -0.25) is 0 Å². The van der Waals surface area contributed by atoms with E-state index in [1.165, 1.54) is 24.6 Å². The maximum absolute atomic E-state index is 7.02. The molecule has 0 heterocycles. The van der Waals surface area contributed by atoms with Gasteiger partial charge >= 0.3 is 0 Å². The maximum Gasteiger partial charge on any atom is -0.00450 e. The zero-order valence-corrected chi connectivity index (χ0v) is 10.1. The molecule has 0 saturated heterocycles. The van der Waals surface area contributed by atoms with Crippen LogP contribution in [0.2, 0.25) is 0 Å². The highest BCUT2D eigenvalue weighted by Crippen LogP contribution is 2.16. The SMILES string of the molecule is CCC(C)CC(C)=CCC(C)CC=N. The van der Waals surface area contributed by atoms with E-state index in [2.05, 4.69) is 33.8 Å². The molecule has 1 heteroatoms. The first-order valence-electron chi connectivity index (χ1n) is 5.74. The van der Waals surface area contributed by atoms with Crippen LogP contribution in [0.3, 0.4) is 0 Å². The minimum absolute atomic E-state index is 0.624. The van der Waals surface area contributed by atoms with Crippen LogP contribution in [0.25, 0.3) is 0 Å². The largest absolute Gasteiger partial charge is 0.313 e. The normalized spacial score (nSPS) is 16.4. The van der Waals surface area contributed by atoms with Crippen LogP contribution in [0, 0.1) is 17.2 Å². The Balaban J connectivity index is 3.80. The quantitative estimate of drug-likeness (QED) is 0.459. The highest BCUT2D eigenvalue weighted by atomic mass is 14.3. The summed E-state index contributed by atoms with van der Waals surface area (Å²) in [6, 6.07) is 0. The van der Waals surface area contributed by atoms with Crippen LogP contribution in [0.5, 0.6) is 0 Å². The van der Waals surface area contributed by atoms with E-state index in [4.69, 9.17) is 5.41 Å². The van der Waals surface area contributed by atoms with Crippen molar-refractivity contribution in [3.05, 3.63) is 11.6 Å². The van der Waals surface area contributed by atoms with E-state index in [1.54, 1.807) is 0 Å². The molecule has 0 aliphatic rings. The predicted molar refractivity (Wildman–Crippen MR) is 65.0 cm³/mol. The van der Waals surface area contributed by atoms with E-state index in [1.807, 2.05) is 0 Å². The van der Waals surface area contributed by atoms with Crippen LogP contribution in [-0.4, -0.2) is 6.21 Å². The van der Waals surface area contributed by atoms with Gasteiger partial charge < -0.3 is 5.41 Å². The van der Waals surface area contributed by atoms with E-state index >= 15 is 0 Å². The first-order chi connectivity index (χ1) is 6.60. The molecule has 1 N–H and O–H groups in total. The molecule has 0 aromatic carbocycles. The summed E-state index contributed by atoms with van der Waals surface area (Å²) >= 11 is 0. The van der Waals surface area contributed by atoms with Crippen molar-refractivity contribution in [2.75, 3.05) is 0 Å². The molecule has 0 aromatic rings. The minimum atomic E-state index is 0.624. The van der Waals surface area contributed by atoms with E-state index < -0.39 is 0 Å². The topological polar surface area (TPSA) is 23.9 Å². The van der Waals surface area contributed by atoms with Crippen LogP contribution >= 0.6 is 0 Å². The van der Waals surface area contributed by atoms with Crippen molar-refractivity contribution in [2.45, 2.75) is 53.4 Å². The second-order valence-electron chi connectivity index (χ2n) is 4.55. The molecule has 0 radical (unpaired) electrons. The van der Waals surface area contributed by atoms with Crippen molar-refractivity contribution >= 4 is 6.21 Å². The van der Waals surface area contributed by atoms with Gasteiger partial charge in [0.25, 0.3) is 0 Å². The zero-order valence-electron chi connectivity index (χ0n) is 10.1. The Morgan fingerprint density at radius 1 is 1.21 bits per heavy atom. The van der Waals surface area contributed by atoms with Gasteiger partial charge in [-0.05, 0) is 44.2 Å². The lowest BCUT2D eigenvalue weighted by Gasteiger charge is -2.10. The lowest BCUT2D eigenvalue weighted by atomic mass is 9.97. The Morgan fingerprint density at radius 3 is 2.36 bits per heavy atom. The van der Waals surface area contributed by atoms with Crippen LogP contribution in [0.15, 0.2) is 11.6 Å². The van der Waals surface area contributed by atoms with Gasteiger partial charge in [0.2, 0.25) is 0 Å². The molecule has 0 saturated carbocycles. The Hall–Kier alpha value is -0.590. The minimum Gasteiger partial charge on any atom is -0.313 e. The smallest absolute Gasteiger partial charge is 0.00450 e. The summed E-state index contributed by atoms with van der Waals surface area (Å²) in [6.45, 7) is 8.98. The van der Waals surface area contributed by atoms with Crippen molar-refractivity contribution in [3.8, 4) is 0 Å². The fourth-order valence-corrected chi connectivity index (χ4v) is 1.48. The van der Waals surface area contributed by atoms with Crippen LogP contribution in [0.4, 0.5) is 0 Å². The third-order valence-corrected chi connectivity index (χ3v) is 2.76. The number of hydrogen-bond donors (Lipinski definition) is 1. The summed E-state index contributed by atoms with van der Waals surface area (Å²) in [5.74, 6) is 1.43. The van der Waals surface area contributed by atoms with Crippen LogP contribution in [-0.2, 0) is 0 Å². The summed E-state index contributed by atoms with van der Waals surface area (Å²) < 4.78 is 0. The molecular formula is C13H25N. The third-order valence-electron chi connectivity index (χ3n) is 2.76. The van der Waals surface area contributed by atoms with E-state index in [9.17, 15) is 0 Å². The standard InChI is InChI=1S/C13H25N/c1-5-11(2)10-13(4)7-6-12(3)8-9-14/h7,9,11-12,14H,5-6,8,10H2,1-4H3. The molecule has 0 amide bonds. The molecule has 0 aliphatic heterocycles. The van der Waals surface area contributed by atoms with E-state index in [0.29, 0.717) is 5.92 Å². The van der Waals surface area contributed by atoms with E-state index in [0.717, 1.165) is 18.8 Å². The summed E-state index contributed by atoms with van der Waals surface area (Å²) in [4.78, 5) is 0. The Kier molecular flexibility index (Phi) is 7.45.